The number of alkyl halides is 2. The molecular formula is C13H24F2N2O2. The van der Waals surface area contributed by atoms with E-state index in [1.165, 1.54) is 0 Å². The molecule has 0 spiro atoms. The first-order valence-electron chi connectivity index (χ1n) is 6.53. The van der Waals surface area contributed by atoms with Crippen molar-refractivity contribution in [3.63, 3.8) is 0 Å². The van der Waals surface area contributed by atoms with Gasteiger partial charge in [0.15, 0.2) is 0 Å². The van der Waals surface area contributed by atoms with Gasteiger partial charge in [-0.05, 0) is 33.7 Å². The number of carboxylic acid groups (broad SMARTS) is 1. The molecule has 0 aromatic heterocycles. The van der Waals surface area contributed by atoms with Crippen LogP contribution in [0.25, 0.3) is 0 Å². The number of likely N-dealkylation sites (N-methyl/N-ethyl adjacent to an activating group) is 1. The molecule has 1 saturated heterocycles. The Balaban J connectivity index is 2.65. The van der Waals surface area contributed by atoms with Crippen LogP contribution in [0, 0.1) is 5.92 Å². The molecule has 1 fully saturated rings. The molecule has 0 amide bonds. The Labute approximate surface area is 113 Å². The second-order valence-corrected chi connectivity index (χ2v) is 6.57. The number of hydrogen-bond donors (Lipinski definition) is 1. The largest absolute Gasteiger partial charge is 0.480 e. The van der Waals surface area contributed by atoms with Gasteiger partial charge in [0, 0.05) is 25.0 Å². The maximum atomic E-state index is 13.8. The SMILES string of the molecule is CN(CC(=O)O)CC1CN(C(C)(C)C)CC(F)(F)C1. The average molecular weight is 278 g/mol. The summed E-state index contributed by atoms with van der Waals surface area (Å²) < 4.78 is 27.5. The molecule has 0 aromatic carbocycles. The Morgan fingerprint density at radius 1 is 1.47 bits per heavy atom. The number of likely N-dealkylation sites (tertiary alicyclic amines) is 1. The van der Waals surface area contributed by atoms with E-state index in [0.29, 0.717) is 13.1 Å². The number of piperidine rings is 1. The van der Waals surface area contributed by atoms with Crippen molar-refractivity contribution in [2.45, 2.75) is 38.7 Å². The number of aliphatic carboxylic acids is 1. The highest BCUT2D eigenvalue weighted by Crippen LogP contribution is 2.34. The maximum Gasteiger partial charge on any atom is 0.317 e. The van der Waals surface area contributed by atoms with Gasteiger partial charge in [-0.3, -0.25) is 14.6 Å². The minimum absolute atomic E-state index is 0.114. The first kappa shape index (κ1) is 16.3. The van der Waals surface area contributed by atoms with Gasteiger partial charge >= 0.3 is 5.97 Å². The number of carboxylic acids is 1. The Kier molecular flexibility index (Phi) is 4.90. The average Bonchev–Trinajstić information content (AvgIpc) is 2.11. The molecule has 6 heteroatoms. The molecule has 0 aromatic rings. The first-order valence-corrected chi connectivity index (χ1v) is 6.53. The second-order valence-electron chi connectivity index (χ2n) is 6.57. The summed E-state index contributed by atoms with van der Waals surface area (Å²) in [6.07, 6.45) is -0.163. The minimum Gasteiger partial charge on any atom is -0.480 e. The third-order valence-electron chi connectivity index (χ3n) is 3.41. The third kappa shape index (κ3) is 5.40. The highest BCUT2D eigenvalue weighted by atomic mass is 19.3. The first-order chi connectivity index (χ1) is 8.49. The zero-order valence-corrected chi connectivity index (χ0v) is 12.1. The summed E-state index contributed by atoms with van der Waals surface area (Å²) in [6, 6.07) is 0. The van der Waals surface area contributed by atoms with Crippen LogP contribution in [0.15, 0.2) is 0 Å². The van der Waals surface area contributed by atoms with Crippen LogP contribution in [0.2, 0.25) is 0 Å². The van der Waals surface area contributed by atoms with Gasteiger partial charge in [0.2, 0.25) is 0 Å². The van der Waals surface area contributed by atoms with E-state index in [9.17, 15) is 13.6 Å². The Morgan fingerprint density at radius 2 is 2.05 bits per heavy atom. The molecule has 1 atom stereocenters. The lowest BCUT2D eigenvalue weighted by atomic mass is 9.91. The van der Waals surface area contributed by atoms with Gasteiger partial charge < -0.3 is 5.11 Å². The van der Waals surface area contributed by atoms with Crippen LogP contribution in [-0.2, 0) is 4.79 Å². The van der Waals surface area contributed by atoms with Crippen LogP contribution in [0.5, 0.6) is 0 Å². The molecule has 0 saturated carbocycles. The standard InChI is InChI=1S/C13H24F2N2O2/c1-12(2,3)17-7-10(5-13(14,15)9-17)6-16(4)8-11(18)19/h10H,5-9H2,1-4H3,(H,18,19). The third-order valence-corrected chi connectivity index (χ3v) is 3.41. The normalized spacial score (nSPS) is 24.7. The van der Waals surface area contributed by atoms with Crippen molar-refractivity contribution in [2.75, 3.05) is 33.2 Å². The van der Waals surface area contributed by atoms with Crippen LogP contribution in [-0.4, -0.2) is 65.6 Å². The summed E-state index contributed by atoms with van der Waals surface area (Å²) in [5.74, 6) is -3.83. The van der Waals surface area contributed by atoms with Crippen molar-refractivity contribution in [3.8, 4) is 0 Å². The van der Waals surface area contributed by atoms with E-state index >= 15 is 0 Å². The lowest BCUT2D eigenvalue weighted by molar-refractivity contribution is -0.138. The number of carbonyl (C=O) groups is 1. The molecule has 1 rings (SSSR count). The van der Waals surface area contributed by atoms with Crippen molar-refractivity contribution in [3.05, 3.63) is 0 Å². The number of halogens is 2. The van der Waals surface area contributed by atoms with Crippen molar-refractivity contribution in [1.82, 2.24) is 9.80 Å². The Hall–Kier alpha value is -0.750. The lowest BCUT2D eigenvalue weighted by Crippen LogP contribution is -2.56. The molecule has 1 N–H and O–H groups in total. The molecule has 1 heterocycles. The Morgan fingerprint density at radius 3 is 2.53 bits per heavy atom. The summed E-state index contributed by atoms with van der Waals surface area (Å²) in [5, 5.41) is 8.70. The van der Waals surface area contributed by atoms with Gasteiger partial charge in [0.1, 0.15) is 0 Å². The van der Waals surface area contributed by atoms with E-state index in [4.69, 9.17) is 5.11 Å². The van der Waals surface area contributed by atoms with E-state index in [1.807, 2.05) is 20.8 Å². The summed E-state index contributed by atoms with van der Waals surface area (Å²) in [6.45, 7) is 6.41. The quantitative estimate of drug-likeness (QED) is 0.851. The zero-order chi connectivity index (χ0) is 14.8. The second kappa shape index (κ2) is 5.71. The summed E-state index contributed by atoms with van der Waals surface area (Å²) in [5.41, 5.74) is -0.298. The molecule has 1 aliphatic rings. The maximum absolute atomic E-state index is 13.8. The van der Waals surface area contributed by atoms with Gasteiger partial charge in [-0.2, -0.15) is 0 Å². The predicted molar refractivity (Wildman–Crippen MR) is 69.5 cm³/mol. The predicted octanol–water partition coefficient (Wildman–Crippen LogP) is 1.76. The molecule has 19 heavy (non-hydrogen) atoms. The number of hydrogen-bond acceptors (Lipinski definition) is 3. The molecule has 112 valence electrons. The van der Waals surface area contributed by atoms with Crippen LogP contribution < -0.4 is 0 Å². The van der Waals surface area contributed by atoms with E-state index in [2.05, 4.69) is 0 Å². The van der Waals surface area contributed by atoms with E-state index < -0.39 is 11.9 Å². The highest BCUT2D eigenvalue weighted by molar-refractivity contribution is 5.68. The number of nitrogens with zero attached hydrogens (tertiary/aromatic N) is 2. The van der Waals surface area contributed by atoms with Gasteiger partial charge in [0.05, 0.1) is 13.1 Å². The fourth-order valence-corrected chi connectivity index (χ4v) is 2.58. The summed E-state index contributed by atoms with van der Waals surface area (Å²) in [4.78, 5) is 14.0. The topological polar surface area (TPSA) is 43.8 Å². The molecule has 1 unspecified atom stereocenters. The molecule has 0 aliphatic carbocycles. The summed E-state index contributed by atoms with van der Waals surface area (Å²) in [7, 11) is 1.66. The highest BCUT2D eigenvalue weighted by Gasteiger charge is 2.43. The van der Waals surface area contributed by atoms with Crippen LogP contribution in [0.4, 0.5) is 8.78 Å². The smallest absolute Gasteiger partial charge is 0.317 e. The van der Waals surface area contributed by atoms with E-state index in [1.54, 1.807) is 16.8 Å². The van der Waals surface area contributed by atoms with Gasteiger partial charge in [-0.15, -0.1) is 0 Å². The molecule has 0 radical (unpaired) electrons. The number of rotatable bonds is 4. The monoisotopic (exact) mass is 278 g/mol. The lowest BCUT2D eigenvalue weighted by Gasteiger charge is -2.45. The van der Waals surface area contributed by atoms with Crippen molar-refractivity contribution < 1.29 is 18.7 Å². The fraction of sp³-hybridized carbons (Fsp3) is 0.923. The van der Waals surface area contributed by atoms with E-state index in [0.717, 1.165) is 0 Å². The van der Waals surface area contributed by atoms with Crippen molar-refractivity contribution in [2.24, 2.45) is 5.92 Å². The molecule has 4 nitrogen and oxygen atoms in total. The Bertz CT molecular complexity index is 329. The van der Waals surface area contributed by atoms with Crippen molar-refractivity contribution >= 4 is 5.97 Å². The van der Waals surface area contributed by atoms with Gasteiger partial charge in [0.25, 0.3) is 5.92 Å². The van der Waals surface area contributed by atoms with Crippen LogP contribution in [0.1, 0.15) is 27.2 Å². The molecular weight excluding hydrogens is 254 g/mol. The van der Waals surface area contributed by atoms with Gasteiger partial charge in [-0.25, -0.2) is 8.78 Å². The van der Waals surface area contributed by atoms with E-state index in [-0.39, 0.29) is 31.0 Å². The zero-order valence-electron chi connectivity index (χ0n) is 12.1. The minimum atomic E-state index is -2.69. The molecule has 0 bridgehead atoms. The summed E-state index contributed by atoms with van der Waals surface area (Å²) >= 11 is 0. The van der Waals surface area contributed by atoms with Gasteiger partial charge in [-0.1, -0.05) is 0 Å². The molecule has 1 aliphatic heterocycles. The van der Waals surface area contributed by atoms with Crippen molar-refractivity contribution in [1.29, 1.82) is 0 Å². The van der Waals surface area contributed by atoms with Crippen LogP contribution >= 0.6 is 0 Å². The van der Waals surface area contributed by atoms with Crippen LogP contribution in [0.3, 0.4) is 0 Å². The fourth-order valence-electron chi connectivity index (χ4n) is 2.58.